The maximum Gasteiger partial charge on any atom is 0.227 e. The summed E-state index contributed by atoms with van der Waals surface area (Å²) in [5.41, 5.74) is 4.95. The van der Waals surface area contributed by atoms with Crippen molar-refractivity contribution in [3.8, 4) is 17.3 Å². The number of nitriles is 1. The normalized spacial score (nSPS) is 11.0. The second-order valence-electron chi connectivity index (χ2n) is 5.59. The van der Waals surface area contributed by atoms with Gasteiger partial charge in [-0.1, -0.05) is 0 Å². The Morgan fingerprint density at radius 2 is 2.09 bits per heavy atom. The van der Waals surface area contributed by atoms with E-state index in [2.05, 4.69) is 21.7 Å². The zero-order chi connectivity index (χ0) is 16.0. The van der Waals surface area contributed by atoms with Gasteiger partial charge in [-0.15, -0.1) is 0 Å². The Hall–Kier alpha value is -3.19. The van der Waals surface area contributed by atoms with Gasteiger partial charge in [0.1, 0.15) is 7.05 Å². The van der Waals surface area contributed by atoms with Crippen LogP contribution >= 0.6 is 0 Å². The molecule has 0 unspecified atom stereocenters. The molecule has 0 aliphatic heterocycles. The number of nitrogens with zero attached hydrogens (tertiary/aromatic N) is 3. The van der Waals surface area contributed by atoms with Crippen LogP contribution < -0.4 is 4.57 Å². The van der Waals surface area contributed by atoms with Gasteiger partial charge in [0.05, 0.1) is 17.2 Å². The molecule has 4 nitrogen and oxygen atoms in total. The Morgan fingerprint density at radius 1 is 1.22 bits per heavy atom. The summed E-state index contributed by atoms with van der Waals surface area (Å²) in [5.74, 6) is 0. The topological polar surface area (TPSA) is 53.7 Å². The predicted molar refractivity (Wildman–Crippen MR) is 87.6 cm³/mol. The van der Waals surface area contributed by atoms with Crippen molar-refractivity contribution < 1.29 is 8.98 Å². The first-order valence-corrected chi connectivity index (χ1v) is 7.36. The van der Waals surface area contributed by atoms with Crippen LogP contribution in [0.3, 0.4) is 0 Å². The fourth-order valence-corrected chi connectivity index (χ4v) is 3.11. The van der Waals surface area contributed by atoms with Crippen LogP contribution in [0.25, 0.3) is 33.3 Å². The maximum absolute atomic E-state index is 9.54. The lowest BCUT2D eigenvalue weighted by Crippen LogP contribution is -2.30. The first kappa shape index (κ1) is 13.5. The van der Waals surface area contributed by atoms with Gasteiger partial charge in [-0.05, 0) is 36.8 Å². The van der Waals surface area contributed by atoms with E-state index in [9.17, 15) is 5.26 Å². The van der Waals surface area contributed by atoms with Crippen molar-refractivity contribution >= 4 is 22.1 Å². The third kappa shape index (κ3) is 1.91. The molecule has 0 amide bonds. The van der Waals surface area contributed by atoms with E-state index in [1.807, 2.05) is 50.5 Å². The van der Waals surface area contributed by atoms with Crippen molar-refractivity contribution in [1.29, 1.82) is 5.26 Å². The van der Waals surface area contributed by atoms with E-state index in [1.165, 1.54) is 0 Å². The minimum absolute atomic E-state index is 0.560. The van der Waals surface area contributed by atoms with E-state index in [-0.39, 0.29) is 0 Å². The number of hydrogen-bond acceptors (Lipinski definition) is 3. The summed E-state index contributed by atoms with van der Waals surface area (Å²) in [7, 11) is 2.00. The van der Waals surface area contributed by atoms with Crippen LogP contribution in [0, 0.1) is 18.3 Å². The highest BCUT2D eigenvalue weighted by atomic mass is 16.3. The molecule has 0 bridgehead atoms. The van der Waals surface area contributed by atoms with Crippen LogP contribution in [0.15, 0.2) is 53.2 Å². The largest absolute Gasteiger partial charge is 0.437 e. The van der Waals surface area contributed by atoms with Crippen LogP contribution in [-0.4, -0.2) is 4.98 Å². The highest BCUT2D eigenvalue weighted by Gasteiger charge is 2.22. The molecule has 0 spiro atoms. The average molecular weight is 300 g/mol. The standard InChI is InChI=1S/C19H14N3O/c1-12-10-13(11-20)17-14-6-5-8-21-19(14)23-18(17)16(12)15-7-3-4-9-22(15)2/h3-10H,1-2H3/q+1. The minimum Gasteiger partial charge on any atom is -0.437 e. The maximum atomic E-state index is 9.54. The van der Waals surface area contributed by atoms with Crippen molar-refractivity contribution in [3.05, 3.63) is 59.9 Å². The second-order valence-corrected chi connectivity index (χ2v) is 5.59. The van der Waals surface area contributed by atoms with Gasteiger partial charge in [0.15, 0.2) is 11.8 Å². The lowest BCUT2D eigenvalue weighted by atomic mass is 9.97. The average Bonchev–Trinajstić information content (AvgIpc) is 2.94. The molecule has 23 heavy (non-hydrogen) atoms. The van der Waals surface area contributed by atoms with Gasteiger partial charge in [-0.2, -0.15) is 5.26 Å². The van der Waals surface area contributed by atoms with E-state index < -0.39 is 0 Å². The molecular weight excluding hydrogens is 286 g/mol. The highest BCUT2D eigenvalue weighted by molar-refractivity contribution is 6.11. The molecule has 0 N–H and O–H groups in total. The zero-order valence-electron chi connectivity index (χ0n) is 12.9. The van der Waals surface area contributed by atoms with Crippen LogP contribution in [0.5, 0.6) is 0 Å². The Kier molecular flexibility index (Phi) is 2.88. The lowest BCUT2D eigenvalue weighted by Gasteiger charge is -2.06. The Bertz CT molecular complexity index is 1100. The number of furan rings is 1. The molecule has 0 aliphatic carbocycles. The first-order valence-electron chi connectivity index (χ1n) is 7.36. The number of pyridine rings is 2. The van der Waals surface area contributed by atoms with Gasteiger partial charge in [-0.3, -0.25) is 0 Å². The Balaban J connectivity index is 2.24. The molecule has 0 saturated heterocycles. The second kappa shape index (κ2) is 4.92. The summed E-state index contributed by atoms with van der Waals surface area (Å²) < 4.78 is 8.09. The molecule has 3 heterocycles. The van der Waals surface area contributed by atoms with Crippen LogP contribution in [-0.2, 0) is 7.05 Å². The van der Waals surface area contributed by atoms with Gasteiger partial charge in [0, 0.05) is 29.1 Å². The van der Waals surface area contributed by atoms with E-state index >= 15 is 0 Å². The minimum atomic E-state index is 0.560. The van der Waals surface area contributed by atoms with E-state index in [4.69, 9.17) is 4.42 Å². The lowest BCUT2D eigenvalue weighted by molar-refractivity contribution is -0.660. The molecule has 3 aromatic heterocycles. The first-order chi connectivity index (χ1) is 11.2. The Morgan fingerprint density at radius 3 is 2.87 bits per heavy atom. The monoisotopic (exact) mass is 300 g/mol. The fourth-order valence-electron chi connectivity index (χ4n) is 3.11. The van der Waals surface area contributed by atoms with Crippen LogP contribution in [0.2, 0.25) is 0 Å². The molecule has 4 rings (SSSR count). The molecule has 4 aromatic rings. The van der Waals surface area contributed by atoms with Crippen molar-refractivity contribution in [2.24, 2.45) is 7.05 Å². The van der Waals surface area contributed by atoms with Crippen molar-refractivity contribution in [1.82, 2.24) is 4.98 Å². The van der Waals surface area contributed by atoms with Crippen LogP contribution in [0.4, 0.5) is 0 Å². The molecule has 0 aliphatic rings. The summed E-state index contributed by atoms with van der Waals surface area (Å²) in [6.45, 7) is 2.00. The molecule has 0 atom stereocenters. The molecular formula is C19H14N3O+. The Labute approximate surface area is 133 Å². The van der Waals surface area contributed by atoms with Crippen LogP contribution in [0.1, 0.15) is 11.1 Å². The SMILES string of the molecule is Cc1cc(C#N)c2c(oc3ncccc32)c1-c1cccc[n+]1C. The molecule has 0 radical (unpaired) electrons. The zero-order valence-corrected chi connectivity index (χ0v) is 12.9. The number of rotatable bonds is 1. The third-order valence-corrected chi connectivity index (χ3v) is 4.15. The number of benzene rings is 1. The molecule has 0 fully saturated rings. The molecule has 0 saturated carbocycles. The van der Waals surface area contributed by atoms with Crippen molar-refractivity contribution in [2.75, 3.05) is 0 Å². The molecule has 110 valence electrons. The summed E-state index contributed by atoms with van der Waals surface area (Å²) >= 11 is 0. The van der Waals surface area contributed by atoms with E-state index in [1.54, 1.807) is 6.20 Å². The van der Waals surface area contributed by atoms with Crippen molar-refractivity contribution in [2.45, 2.75) is 6.92 Å². The summed E-state index contributed by atoms with van der Waals surface area (Å²) in [6.07, 6.45) is 3.70. The quantitative estimate of drug-likeness (QED) is 0.504. The number of aryl methyl sites for hydroxylation is 2. The third-order valence-electron chi connectivity index (χ3n) is 4.15. The van der Waals surface area contributed by atoms with Gasteiger partial charge in [0.25, 0.3) is 0 Å². The summed E-state index contributed by atoms with van der Waals surface area (Å²) in [4.78, 5) is 4.30. The number of hydrogen-bond donors (Lipinski definition) is 0. The summed E-state index contributed by atoms with van der Waals surface area (Å²) in [6, 6.07) is 14.1. The van der Waals surface area contributed by atoms with Crippen molar-refractivity contribution in [3.63, 3.8) is 0 Å². The summed E-state index contributed by atoms with van der Waals surface area (Å²) in [5, 5.41) is 11.2. The molecule has 4 heteroatoms. The molecule has 1 aromatic carbocycles. The highest BCUT2D eigenvalue weighted by Crippen LogP contribution is 2.38. The number of fused-ring (bicyclic) bond motifs is 3. The van der Waals surface area contributed by atoms with Gasteiger partial charge >= 0.3 is 0 Å². The van der Waals surface area contributed by atoms with Gasteiger partial charge in [-0.25, -0.2) is 9.55 Å². The van der Waals surface area contributed by atoms with Gasteiger partial charge < -0.3 is 4.42 Å². The smallest absolute Gasteiger partial charge is 0.227 e. The predicted octanol–water partition coefficient (Wildman–Crippen LogP) is 3.65. The number of aromatic nitrogens is 2. The van der Waals surface area contributed by atoms with E-state index in [0.29, 0.717) is 11.3 Å². The van der Waals surface area contributed by atoms with E-state index in [0.717, 1.165) is 33.2 Å². The van der Waals surface area contributed by atoms with Gasteiger partial charge in [0.2, 0.25) is 11.4 Å². The fraction of sp³-hybridized carbons (Fsp3) is 0.105.